The summed E-state index contributed by atoms with van der Waals surface area (Å²) in [7, 11) is 3.18. The van der Waals surface area contributed by atoms with Gasteiger partial charge in [0.1, 0.15) is 11.5 Å². The molecular formula is C15H20N2O4. The van der Waals surface area contributed by atoms with E-state index < -0.39 is 6.10 Å². The summed E-state index contributed by atoms with van der Waals surface area (Å²) >= 11 is 0. The molecule has 114 valence electrons. The second kappa shape index (κ2) is 6.47. The molecule has 0 saturated carbocycles. The van der Waals surface area contributed by atoms with Crippen molar-refractivity contribution in [1.82, 2.24) is 5.32 Å². The van der Waals surface area contributed by atoms with E-state index in [1.165, 1.54) is 0 Å². The molecule has 1 aromatic carbocycles. The zero-order chi connectivity index (χ0) is 15.4. The summed E-state index contributed by atoms with van der Waals surface area (Å²) in [5, 5.41) is 6.83. The molecule has 1 atom stereocenters. The van der Waals surface area contributed by atoms with Gasteiger partial charge in [-0.05, 0) is 32.0 Å². The smallest absolute Gasteiger partial charge is 0.264 e. The average molecular weight is 292 g/mol. The highest BCUT2D eigenvalue weighted by molar-refractivity contribution is 6.06. The number of hydrogen-bond acceptors (Lipinski definition) is 5. The number of ether oxygens (including phenoxy) is 2. The lowest BCUT2D eigenvalue weighted by Gasteiger charge is -2.12. The van der Waals surface area contributed by atoms with E-state index in [4.69, 9.17) is 14.3 Å². The maximum Gasteiger partial charge on any atom is 0.264 e. The molecule has 0 fully saturated rings. The molecule has 0 saturated heterocycles. The van der Waals surface area contributed by atoms with Gasteiger partial charge in [0, 0.05) is 18.0 Å². The zero-order valence-corrected chi connectivity index (χ0v) is 12.7. The standard InChI is InChI=1S/C15H20N2O4/c1-9(2)16-15(18)14-8-12(17-21-14)11-7-10(19-3)5-6-13(11)20-4/h5-7,9,14H,8H2,1-4H3,(H,16,18)/t14-/m0/s1. The molecule has 0 aliphatic carbocycles. The Bertz CT molecular complexity index is 555. The van der Waals surface area contributed by atoms with E-state index in [0.29, 0.717) is 23.6 Å². The summed E-state index contributed by atoms with van der Waals surface area (Å²) in [5.74, 6) is 1.21. The Morgan fingerprint density at radius 1 is 1.38 bits per heavy atom. The SMILES string of the molecule is COc1ccc(OC)c(C2=NO[C@H](C(=O)NC(C)C)C2)c1. The normalized spacial score (nSPS) is 17.2. The predicted octanol–water partition coefficient (Wildman–Crippen LogP) is 1.72. The van der Waals surface area contributed by atoms with E-state index >= 15 is 0 Å². The maximum absolute atomic E-state index is 11.9. The lowest BCUT2D eigenvalue weighted by Crippen LogP contribution is -2.38. The van der Waals surface area contributed by atoms with E-state index in [2.05, 4.69) is 10.5 Å². The van der Waals surface area contributed by atoms with Gasteiger partial charge in [-0.2, -0.15) is 0 Å². The minimum absolute atomic E-state index is 0.0662. The van der Waals surface area contributed by atoms with E-state index in [1.807, 2.05) is 26.0 Å². The van der Waals surface area contributed by atoms with Crippen molar-refractivity contribution >= 4 is 11.6 Å². The number of hydrogen-bond donors (Lipinski definition) is 1. The third kappa shape index (κ3) is 3.45. The number of methoxy groups -OCH3 is 2. The monoisotopic (exact) mass is 292 g/mol. The first-order valence-corrected chi connectivity index (χ1v) is 6.80. The van der Waals surface area contributed by atoms with E-state index in [0.717, 1.165) is 5.56 Å². The van der Waals surface area contributed by atoms with Gasteiger partial charge in [-0.25, -0.2) is 0 Å². The Labute approximate surface area is 124 Å². The molecule has 1 amide bonds. The van der Waals surface area contributed by atoms with Gasteiger partial charge < -0.3 is 19.6 Å². The van der Waals surface area contributed by atoms with Crippen molar-refractivity contribution < 1.29 is 19.1 Å². The van der Waals surface area contributed by atoms with Crippen LogP contribution >= 0.6 is 0 Å². The number of nitrogens with zero attached hydrogens (tertiary/aromatic N) is 1. The van der Waals surface area contributed by atoms with Gasteiger partial charge in [0.05, 0.1) is 19.9 Å². The number of carbonyl (C=O) groups excluding carboxylic acids is 1. The van der Waals surface area contributed by atoms with Crippen molar-refractivity contribution in [2.75, 3.05) is 14.2 Å². The lowest BCUT2D eigenvalue weighted by atomic mass is 10.0. The summed E-state index contributed by atoms with van der Waals surface area (Å²) in [6.07, 6.45) is -0.194. The van der Waals surface area contributed by atoms with Crippen molar-refractivity contribution in [2.45, 2.75) is 32.4 Å². The number of nitrogens with one attached hydrogen (secondary N) is 1. The van der Waals surface area contributed by atoms with Crippen molar-refractivity contribution in [3.8, 4) is 11.5 Å². The lowest BCUT2D eigenvalue weighted by molar-refractivity contribution is -0.131. The Morgan fingerprint density at radius 2 is 2.14 bits per heavy atom. The van der Waals surface area contributed by atoms with Crippen LogP contribution in [0.25, 0.3) is 0 Å². The van der Waals surface area contributed by atoms with Crippen molar-refractivity contribution in [3.63, 3.8) is 0 Å². The molecule has 1 aliphatic rings. The second-order valence-corrected chi connectivity index (χ2v) is 5.07. The van der Waals surface area contributed by atoms with Crippen molar-refractivity contribution in [1.29, 1.82) is 0 Å². The fourth-order valence-electron chi connectivity index (χ4n) is 2.09. The Hall–Kier alpha value is -2.24. The average Bonchev–Trinajstić information content (AvgIpc) is 2.95. The molecule has 0 aromatic heterocycles. The molecule has 1 heterocycles. The largest absolute Gasteiger partial charge is 0.497 e. The number of carbonyl (C=O) groups is 1. The van der Waals surface area contributed by atoms with Crippen molar-refractivity contribution in [2.24, 2.45) is 5.16 Å². The maximum atomic E-state index is 11.9. The van der Waals surface area contributed by atoms with E-state index in [1.54, 1.807) is 20.3 Å². The van der Waals surface area contributed by atoms with Gasteiger partial charge >= 0.3 is 0 Å². The summed E-state index contributed by atoms with van der Waals surface area (Å²) in [6, 6.07) is 5.50. The van der Waals surface area contributed by atoms with Gasteiger partial charge in [-0.15, -0.1) is 0 Å². The van der Waals surface area contributed by atoms with Crippen LogP contribution in [0.2, 0.25) is 0 Å². The van der Waals surface area contributed by atoms with Gasteiger partial charge in [0.2, 0.25) is 6.10 Å². The molecule has 2 rings (SSSR count). The topological polar surface area (TPSA) is 69.1 Å². The minimum atomic E-state index is -0.599. The first kappa shape index (κ1) is 15.2. The fraction of sp³-hybridized carbons (Fsp3) is 0.467. The molecule has 0 spiro atoms. The van der Waals surface area contributed by atoms with Gasteiger partial charge in [-0.1, -0.05) is 5.16 Å². The van der Waals surface area contributed by atoms with Crippen LogP contribution < -0.4 is 14.8 Å². The summed E-state index contributed by atoms with van der Waals surface area (Å²) in [4.78, 5) is 17.2. The molecule has 1 aliphatic heterocycles. The third-order valence-corrected chi connectivity index (χ3v) is 3.11. The molecule has 0 unspecified atom stereocenters. The molecule has 1 N–H and O–H groups in total. The number of amides is 1. The predicted molar refractivity (Wildman–Crippen MR) is 78.9 cm³/mol. The molecule has 21 heavy (non-hydrogen) atoms. The molecule has 6 nitrogen and oxygen atoms in total. The van der Waals surface area contributed by atoms with Gasteiger partial charge in [-0.3, -0.25) is 4.79 Å². The highest BCUT2D eigenvalue weighted by Gasteiger charge is 2.30. The van der Waals surface area contributed by atoms with Crippen LogP contribution in [0.3, 0.4) is 0 Å². The van der Waals surface area contributed by atoms with Crippen LogP contribution in [0, 0.1) is 0 Å². The van der Waals surface area contributed by atoms with Crippen LogP contribution in [0.5, 0.6) is 11.5 Å². The van der Waals surface area contributed by atoms with Crippen LogP contribution in [-0.2, 0) is 9.63 Å². The third-order valence-electron chi connectivity index (χ3n) is 3.11. The minimum Gasteiger partial charge on any atom is -0.497 e. The Morgan fingerprint density at radius 3 is 2.76 bits per heavy atom. The molecular weight excluding hydrogens is 272 g/mol. The molecule has 1 aromatic rings. The van der Waals surface area contributed by atoms with Gasteiger partial charge in [0.25, 0.3) is 5.91 Å². The van der Waals surface area contributed by atoms with Crippen LogP contribution in [0.1, 0.15) is 25.8 Å². The van der Waals surface area contributed by atoms with Crippen LogP contribution in [0.4, 0.5) is 0 Å². The second-order valence-electron chi connectivity index (χ2n) is 5.07. The first-order valence-electron chi connectivity index (χ1n) is 6.80. The molecule has 0 bridgehead atoms. The van der Waals surface area contributed by atoms with Crippen LogP contribution in [-0.4, -0.2) is 38.0 Å². The zero-order valence-electron chi connectivity index (χ0n) is 12.7. The number of benzene rings is 1. The molecule has 0 radical (unpaired) electrons. The Kier molecular flexibility index (Phi) is 4.67. The molecule has 6 heteroatoms. The number of oxime groups is 1. The summed E-state index contributed by atoms with van der Waals surface area (Å²) in [5.41, 5.74) is 1.45. The van der Waals surface area contributed by atoms with Crippen molar-refractivity contribution in [3.05, 3.63) is 23.8 Å². The first-order chi connectivity index (χ1) is 10.0. The van der Waals surface area contributed by atoms with E-state index in [9.17, 15) is 4.79 Å². The van der Waals surface area contributed by atoms with Crippen LogP contribution in [0.15, 0.2) is 23.4 Å². The highest BCUT2D eigenvalue weighted by atomic mass is 16.6. The number of rotatable bonds is 5. The fourth-order valence-corrected chi connectivity index (χ4v) is 2.09. The Balaban J connectivity index is 2.15. The summed E-state index contributed by atoms with van der Waals surface area (Å²) < 4.78 is 10.5. The highest BCUT2D eigenvalue weighted by Crippen LogP contribution is 2.28. The van der Waals surface area contributed by atoms with Gasteiger partial charge in [0.15, 0.2) is 0 Å². The van der Waals surface area contributed by atoms with E-state index in [-0.39, 0.29) is 11.9 Å². The summed E-state index contributed by atoms with van der Waals surface area (Å²) in [6.45, 7) is 3.80. The quantitative estimate of drug-likeness (QED) is 0.897.